The maximum Gasteiger partial charge on any atom is 0.326 e. The van der Waals surface area contributed by atoms with Gasteiger partial charge in [0.05, 0.1) is 0 Å². The van der Waals surface area contributed by atoms with Gasteiger partial charge in [-0.3, -0.25) is 4.79 Å². The highest BCUT2D eigenvalue weighted by atomic mass is 35.5. The van der Waals surface area contributed by atoms with Gasteiger partial charge in [0.25, 0.3) is 0 Å². The second-order valence-corrected chi connectivity index (χ2v) is 3.59. The van der Waals surface area contributed by atoms with Crippen LogP contribution < -0.4 is 0 Å². The number of hydrogen-bond donors (Lipinski definition) is 1. The molecule has 0 spiro atoms. The van der Waals surface area contributed by atoms with E-state index >= 15 is 0 Å². The lowest BCUT2D eigenvalue weighted by Crippen LogP contribution is -2.39. The first-order chi connectivity index (χ1) is 6.56. The predicted octanol–water partition coefficient (Wildman–Crippen LogP) is 1.20. The Hall–Kier alpha value is -1.03. The molecule has 0 aromatic carbocycles. The fourth-order valence-electron chi connectivity index (χ4n) is 1.49. The minimum absolute atomic E-state index is 0.115. The number of carboxylic acids is 1. The maximum atomic E-state index is 11.3. The molecule has 0 aliphatic carbocycles. The second kappa shape index (κ2) is 4.46. The van der Waals surface area contributed by atoms with Gasteiger partial charge in [0.15, 0.2) is 0 Å². The topological polar surface area (TPSA) is 57.6 Å². The number of likely N-dealkylation sites (tertiary alicyclic amines) is 1. The Kier molecular flexibility index (Phi) is 3.52. The van der Waals surface area contributed by atoms with Crippen molar-refractivity contribution in [3.8, 4) is 0 Å². The van der Waals surface area contributed by atoms with Crippen LogP contribution in [-0.2, 0) is 9.59 Å². The number of carboxylic acid groups (broad SMARTS) is 1. The molecule has 1 aliphatic rings. The molecule has 1 heterocycles. The number of hydrogen-bond acceptors (Lipinski definition) is 2. The van der Waals surface area contributed by atoms with Crippen LogP contribution in [0.5, 0.6) is 0 Å². The van der Waals surface area contributed by atoms with Crippen LogP contribution >= 0.6 is 11.6 Å². The van der Waals surface area contributed by atoms with Crippen molar-refractivity contribution in [1.82, 2.24) is 4.90 Å². The Balaban J connectivity index is 2.72. The lowest BCUT2D eigenvalue weighted by Gasteiger charge is -2.21. The van der Waals surface area contributed by atoms with Gasteiger partial charge in [-0.1, -0.05) is 11.6 Å². The number of amides is 1. The summed E-state index contributed by atoms with van der Waals surface area (Å²) in [7, 11) is 0. The molecular formula is C9H12ClNO3. The van der Waals surface area contributed by atoms with Gasteiger partial charge in [0.2, 0.25) is 5.91 Å². The van der Waals surface area contributed by atoms with E-state index in [1.165, 1.54) is 10.4 Å². The molecule has 0 radical (unpaired) electrons. The smallest absolute Gasteiger partial charge is 0.326 e. The first-order valence-electron chi connectivity index (χ1n) is 4.34. The third kappa shape index (κ3) is 2.26. The molecule has 1 unspecified atom stereocenters. The summed E-state index contributed by atoms with van der Waals surface area (Å²) in [4.78, 5) is 23.5. The summed E-state index contributed by atoms with van der Waals surface area (Å²) in [6.07, 6.45) is 0.705. The summed E-state index contributed by atoms with van der Waals surface area (Å²) >= 11 is 5.46. The lowest BCUT2D eigenvalue weighted by molar-refractivity contribution is -0.145. The van der Waals surface area contributed by atoms with E-state index in [1.807, 2.05) is 0 Å². The first kappa shape index (κ1) is 11.0. The van der Waals surface area contributed by atoms with Crippen LogP contribution in [0, 0.1) is 0 Å². The van der Waals surface area contributed by atoms with Gasteiger partial charge in [0, 0.05) is 18.5 Å². The van der Waals surface area contributed by atoms with Crippen molar-refractivity contribution in [1.29, 1.82) is 0 Å². The zero-order chi connectivity index (χ0) is 10.7. The fourth-order valence-corrected chi connectivity index (χ4v) is 1.56. The highest BCUT2D eigenvalue weighted by Gasteiger charge is 2.35. The summed E-state index contributed by atoms with van der Waals surface area (Å²) in [6.45, 7) is 2.07. The van der Waals surface area contributed by atoms with Gasteiger partial charge in [-0.15, -0.1) is 0 Å². The third-order valence-corrected chi connectivity index (χ3v) is 2.59. The van der Waals surface area contributed by atoms with Crippen molar-refractivity contribution in [3.05, 3.63) is 11.1 Å². The van der Waals surface area contributed by atoms with Crippen LogP contribution in [0.3, 0.4) is 0 Å². The number of carbonyl (C=O) groups is 2. The number of carbonyl (C=O) groups excluding carboxylic acids is 1. The molecule has 5 heteroatoms. The van der Waals surface area contributed by atoms with Crippen molar-refractivity contribution < 1.29 is 14.7 Å². The Morgan fingerprint density at radius 3 is 2.93 bits per heavy atom. The third-order valence-electron chi connectivity index (χ3n) is 2.22. The summed E-state index contributed by atoms with van der Waals surface area (Å²) in [5.41, 5.74) is 2.15. The Labute approximate surface area is 87.1 Å². The number of aliphatic carboxylic acids is 1. The minimum Gasteiger partial charge on any atom is -0.480 e. The first-order valence-corrected chi connectivity index (χ1v) is 4.78. The van der Waals surface area contributed by atoms with Crippen LogP contribution in [-0.4, -0.2) is 34.5 Å². The largest absolute Gasteiger partial charge is 0.480 e. The van der Waals surface area contributed by atoms with Crippen LogP contribution in [0.25, 0.3) is 0 Å². The van der Waals surface area contributed by atoms with Crippen LogP contribution in [0.1, 0.15) is 19.8 Å². The molecule has 1 saturated heterocycles. The summed E-state index contributed by atoms with van der Waals surface area (Å²) in [5.74, 6) is -1.06. The Bertz CT molecular complexity index is 288. The second-order valence-electron chi connectivity index (χ2n) is 3.37. The molecule has 78 valence electrons. The molecule has 0 aromatic rings. The van der Waals surface area contributed by atoms with E-state index < -0.39 is 12.0 Å². The summed E-state index contributed by atoms with van der Waals surface area (Å²) in [6, 6.07) is -0.686. The number of rotatable bonds is 3. The SMILES string of the molecule is CC(=CCl)CN1C(=O)CCC1C(=O)O. The minimum atomic E-state index is -0.946. The van der Waals surface area contributed by atoms with Gasteiger partial charge >= 0.3 is 5.97 Å². The molecule has 1 rings (SSSR count). The molecule has 1 aliphatic heterocycles. The normalized spacial score (nSPS) is 23.0. The molecule has 0 bridgehead atoms. The van der Waals surface area contributed by atoms with Crippen molar-refractivity contribution in [3.63, 3.8) is 0 Å². The zero-order valence-corrected chi connectivity index (χ0v) is 8.62. The Morgan fingerprint density at radius 1 is 1.79 bits per heavy atom. The molecule has 0 saturated carbocycles. The number of halogens is 1. The Morgan fingerprint density at radius 2 is 2.43 bits per heavy atom. The van der Waals surface area contributed by atoms with Gasteiger partial charge < -0.3 is 10.0 Å². The lowest BCUT2D eigenvalue weighted by atomic mass is 10.2. The van der Waals surface area contributed by atoms with Crippen molar-refractivity contribution in [2.45, 2.75) is 25.8 Å². The van der Waals surface area contributed by atoms with E-state index in [1.54, 1.807) is 6.92 Å². The van der Waals surface area contributed by atoms with E-state index in [0.29, 0.717) is 19.4 Å². The van der Waals surface area contributed by atoms with E-state index in [-0.39, 0.29) is 5.91 Å². The highest BCUT2D eigenvalue weighted by Crippen LogP contribution is 2.20. The monoisotopic (exact) mass is 217 g/mol. The number of nitrogens with zero attached hydrogens (tertiary/aromatic N) is 1. The van der Waals surface area contributed by atoms with Gasteiger partial charge in [-0.25, -0.2) is 4.79 Å². The molecule has 1 amide bonds. The summed E-state index contributed by atoms with van der Waals surface area (Å²) < 4.78 is 0. The average Bonchev–Trinajstić information content (AvgIpc) is 2.48. The molecule has 1 N–H and O–H groups in total. The van der Waals surface area contributed by atoms with Crippen LogP contribution in [0.2, 0.25) is 0 Å². The van der Waals surface area contributed by atoms with Crippen LogP contribution in [0.15, 0.2) is 11.1 Å². The zero-order valence-electron chi connectivity index (χ0n) is 7.86. The molecular weight excluding hydrogens is 206 g/mol. The van der Waals surface area contributed by atoms with Gasteiger partial charge in [-0.05, 0) is 18.9 Å². The van der Waals surface area contributed by atoms with E-state index in [2.05, 4.69) is 0 Å². The maximum absolute atomic E-state index is 11.3. The fraction of sp³-hybridized carbons (Fsp3) is 0.556. The van der Waals surface area contributed by atoms with Crippen molar-refractivity contribution in [2.24, 2.45) is 0 Å². The van der Waals surface area contributed by atoms with Gasteiger partial charge in [-0.2, -0.15) is 0 Å². The van der Waals surface area contributed by atoms with Crippen molar-refractivity contribution in [2.75, 3.05) is 6.54 Å². The quantitative estimate of drug-likeness (QED) is 0.773. The van der Waals surface area contributed by atoms with Crippen molar-refractivity contribution >= 4 is 23.5 Å². The molecule has 1 atom stereocenters. The molecule has 4 nitrogen and oxygen atoms in total. The average molecular weight is 218 g/mol. The van der Waals surface area contributed by atoms with E-state index in [4.69, 9.17) is 16.7 Å². The van der Waals surface area contributed by atoms with E-state index in [9.17, 15) is 9.59 Å². The standard InChI is InChI=1S/C9H12ClNO3/c1-6(4-10)5-11-7(9(13)14)2-3-8(11)12/h4,7H,2-3,5H2,1H3,(H,13,14). The van der Waals surface area contributed by atoms with Gasteiger partial charge in [0.1, 0.15) is 6.04 Å². The molecule has 0 aromatic heterocycles. The highest BCUT2D eigenvalue weighted by molar-refractivity contribution is 6.25. The van der Waals surface area contributed by atoms with E-state index in [0.717, 1.165) is 5.57 Å². The molecule has 1 fully saturated rings. The predicted molar refractivity (Wildman–Crippen MR) is 52.0 cm³/mol. The summed E-state index contributed by atoms with van der Waals surface area (Å²) in [5, 5.41) is 8.84. The molecule has 14 heavy (non-hydrogen) atoms. The van der Waals surface area contributed by atoms with Crippen LogP contribution in [0.4, 0.5) is 0 Å².